The largest absolute Gasteiger partial charge is 0.391 e. The highest BCUT2D eigenvalue weighted by Crippen LogP contribution is 2.04. The topological polar surface area (TPSA) is 61.8 Å². The predicted molar refractivity (Wildman–Crippen MR) is 61.1 cm³/mol. The minimum Gasteiger partial charge on any atom is -0.391 e. The van der Waals surface area contributed by atoms with Crippen LogP contribution in [0.3, 0.4) is 0 Å². The van der Waals surface area contributed by atoms with Gasteiger partial charge >= 0.3 is 0 Å². The molecule has 0 radical (unpaired) electrons. The Morgan fingerprint density at radius 2 is 2.31 bits per heavy atom. The van der Waals surface area contributed by atoms with Gasteiger partial charge in [0, 0.05) is 19.6 Å². The molecule has 2 atom stereocenters. The second-order valence-electron chi connectivity index (χ2n) is 4.68. The molecule has 0 saturated carbocycles. The Hall–Kier alpha value is -0.650. The normalized spacial score (nSPS) is 24.4. The zero-order valence-corrected chi connectivity index (χ0v) is 10.3. The highest BCUT2D eigenvalue weighted by atomic mass is 16.5. The molecule has 1 fully saturated rings. The van der Waals surface area contributed by atoms with E-state index in [0.29, 0.717) is 19.7 Å². The second-order valence-corrected chi connectivity index (χ2v) is 4.68. The Bertz CT molecular complexity index is 233. The number of rotatable bonds is 4. The molecule has 0 bridgehead atoms. The van der Waals surface area contributed by atoms with Crippen LogP contribution in [0.15, 0.2) is 0 Å². The van der Waals surface area contributed by atoms with Gasteiger partial charge in [0.1, 0.15) is 6.10 Å². The Balaban J connectivity index is 2.29. The van der Waals surface area contributed by atoms with Crippen molar-refractivity contribution < 1.29 is 14.6 Å². The van der Waals surface area contributed by atoms with Gasteiger partial charge in [-0.15, -0.1) is 0 Å². The fraction of sp³-hybridized carbons (Fsp3) is 0.909. The first-order chi connectivity index (χ1) is 7.50. The summed E-state index contributed by atoms with van der Waals surface area (Å²) in [7, 11) is 1.96. The van der Waals surface area contributed by atoms with Gasteiger partial charge in [0.05, 0.1) is 12.7 Å². The van der Waals surface area contributed by atoms with Gasteiger partial charge in [0.2, 0.25) is 0 Å². The Kier molecular flexibility index (Phi) is 5.18. The molecule has 5 heteroatoms. The summed E-state index contributed by atoms with van der Waals surface area (Å²) in [6.45, 7) is 6.19. The number of likely N-dealkylation sites (N-methyl/N-ethyl adjacent to an activating group) is 1. The molecular formula is C11H22N2O3. The standard InChI is InChI=1S/C11H22N2O3/c1-8(2)9(14)6-12-11(15)10-7-13(3)4-5-16-10/h8-10,14H,4-7H2,1-3H3,(H,12,15). The molecule has 1 heterocycles. The third kappa shape index (κ3) is 4.08. The lowest BCUT2D eigenvalue weighted by Gasteiger charge is -2.29. The Morgan fingerprint density at radius 1 is 1.62 bits per heavy atom. The van der Waals surface area contributed by atoms with Crippen LogP contribution in [0.4, 0.5) is 0 Å². The van der Waals surface area contributed by atoms with E-state index in [2.05, 4.69) is 10.2 Å². The van der Waals surface area contributed by atoms with E-state index < -0.39 is 12.2 Å². The molecular weight excluding hydrogens is 208 g/mol. The molecule has 94 valence electrons. The number of carbonyl (C=O) groups is 1. The van der Waals surface area contributed by atoms with Gasteiger partial charge in [-0.05, 0) is 13.0 Å². The maximum atomic E-state index is 11.7. The third-order valence-corrected chi connectivity index (χ3v) is 2.82. The summed E-state index contributed by atoms with van der Waals surface area (Å²) in [4.78, 5) is 13.8. The number of morpholine rings is 1. The fourth-order valence-corrected chi connectivity index (χ4v) is 1.49. The highest BCUT2D eigenvalue weighted by Gasteiger charge is 2.25. The molecule has 0 spiro atoms. The number of hydrogen-bond acceptors (Lipinski definition) is 4. The zero-order valence-electron chi connectivity index (χ0n) is 10.3. The first-order valence-corrected chi connectivity index (χ1v) is 5.76. The van der Waals surface area contributed by atoms with Crippen molar-refractivity contribution in [2.75, 3.05) is 33.3 Å². The smallest absolute Gasteiger partial charge is 0.250 e. The fourth-order valence-electron chi connectivity index (χ4n) is 1.49. The minimum atomic E-state index is -0.495. The van der Waals surface area contributed by atoms with E-state index >= 15 is 0 Å². The van der Waals surface area contributed by atoms with Crippen molar-refractivity contribution in [3.63, 3.8) is 0 Å². The van der Waals surface area contributed by atoms with Crippen LogP contribution < -0.4 is 5.32 Å². The van der Waals surface area contributed by atoms with Gasteiger partial charge in [0.15, 0.2) is 0 Å². The van der Waals surface area contributed by atoms with Gasteiger partial charge in [-0.2, -0.15) is 0 Å². The van der Waals surface area contributed by atoms with E-state index in [1.54, 1.807) is 0 Å². The summed E-state index contributed by atoms with van der Waals surface area (Å²) in [6.07, 6.45) is -0.900. The lowest BCUT2D eigenvalue weighted by Crippen LogP contribution is -2.49. The Labute approximate surface area is 96.8 Å². The third-order valence-electron chi connectivity index (χ3n) is 2.82. The lowest BCUT2D eigenvalue weighted by atomic mass is 10.1. The van der Waals surface area contributed by atoms with Crippen LogP contribution in [0.2, 0.25) is 0 Å². The zero-order chi connectivity index (χ0) is 12.1. The van der Waals surface area contributed by atoms with Gasteiger partial charge in [0.25, 0.3) is 5.91 Å². The predicted octanol–water partition coefficient (Wildman–Crippen LogP) is -0.550. The molecule has 0 aromatic heterocycles. The van der Waals surface area contributed by atoms with E-state index in [0.717, 1.165) is 6.54 Å². The van der Waals surface area contributed by atoms with E-state index in [1.165, 1.54) is 0 Å². The van der Waals surface area contributed by atoms with Crippen molar-refractivity contribution >= 4 is 5.91 Å². The van der Waals surface area contributed by atoms with Crippen molar-refractivity contribution in [1.82, 2.24) is 10.2 Å². The van der Waals surface area contributed by atoms with Crippen molar-refractivity contribution in [1.29, 1.82) is 0 Å². The highest BCUT2D eigenvalue weighted by molar-refractivity contribution is 5.81. The number of nitrogens with one attached hydrogen (secondary N) is 1. The van der Waals surface area contributed by atoms with Gasteiger partial charge in [-0.3, -0.25) is 4.79 Å². The van der Waals surface area contributed by atoms with Gasteiger partial charge < -0.3 is 20.1 Å². The van der Waals surface area contributed by atoms with E-state index in [4.69, 9.17) is 4.74 Å². The summed E-state index contributed by atoms with van der Waals surface area (Å²) in [5.41, 5.74) is 0. The molecule has 5 nitrogen and oxygen atoms in total. The first kappa shape index (κ1) is 13.4. The van der Waals surface area contributed by atoms with Gasteiger partial charge in [-0.1, -0.05) is 13.8 Å². The Morgan fingerprint density at radius 3 is 2.88 bits per heavy atom. The van der Waals surface area contributed by atoms with Crippen LogP contribution in [-0.4, -0.2) is 61.4 Å². The molecule has 2 unspecified atom stereocenters. The molecule has 1 amide bonds. The summed E-state index contributed by atoms with van der Waals surface area (Å²) in [5.74, 6) is 0.0153. The van der Waals surface area contributed by atoms with Gasteiger partial charge in [-0.25, -0.2) is 0 Å². The molecule has 1 aliphatic heterocycles. The maximum Gasteiger partial charge on any atom is 0.250 e. The average molecular weight is 230 g/mol. The lowest BCUT2D eigenvalue weighted by molar-refractivity contribution is -0.138. The molecule has 1 aliphatic rings. The minimum absolute atomic E-state index is 0.133. The average Bonchev–Trinajstić information content (AvgIpc) is 2.25. The number of aliphatic hydroxyl groups is 1. The summed E-state index contributed by atoms with van der Waals surface area (Å²) in [6, 6.07) is 0. The number of aliphatic hydroxyl groups excluding tert-OH is 1. The van der Waals surface area contributed by atoms with E-state index in [9.17, 15) is 9.90 Å². The van der Waals surface area contributed by atoms with Crippen LogP contribution >= 0.6 is 0 Å². The van der Waals surface area contributed by atoms with Crippen molar-refractivity contribution in [2.24, 2.45) is 5.92 Å². The number of hydrogen-bond donors (Lipinski definition) is 2. The van der Waals surface area contributed by atoms with Crippen molar-refractivity contribution in [3.8, 4) is 0 Å². The first-order valence-electron chi connectivity index (χ1n) is 5.76. The van der Waals surface area contributed by atoms with Crippen LogP contribution in [-0.2, 0) is 9.53 Å². The molecule has 1 rings (SSSR count). The summed E-state index contributed by atoms with van der Waals surface area (Å²) < 4.78 is 5.37. The second kappa shape index (κ2) is 6.18. The summed E-state index contributed by atoms with van der Waals surface area (Å²) in [5, 5.41) is 12.3. The molecule has 0 aliphatic carbocycles. The van der Waals surface area contributed by atoms with Crippen LogP contribution in [0, 0.1) is 5.92 Å². The van der Waals surface area contributed by atoms with Crippen molar-refractivity contribution in [3.05, 3.63) is 0 Å². The van der Waals surface area contributed by atoms with Crippen LogP contribution in [0.25, 0.3) is 0 Å². The number of amides is 1. The quantitative estimate of drug-likeness (QED) is 0.680. The monoisotopic (exact) mass is 230 g/mol. The number of carbonyl (C=O) groups excluding carboxylic acids is 1. The van der Waals surface area contributed by atoms with Crippen LogP contribution in [0.1, 0.15) is 13.8 Å². The maximum absolute atomic E-state index is 11.7. The van der Waals surface area contributed by atoms with Crippen LogP contribution in [0.5, 0.6) is 0 Å². The SMILES string of the molecule is CC(C)C(O)CNC(=O)C1CN(C)CCO1. The molecule has 0 aromatic carbocycles. The molecule has 2 N–H and O–H groups in total. The number of ether oxygens (including phenoxy) is 1. The van der Waals surface area contributed by atoms with E-state index in [1.807, 2.05) is 20.9 Å². The van der Waals surface area contributed by atoms with Crippen molar-refractivity contribution in [2.45, 2.75) is 26.1 Å². The molecule has 0 aromatic rings. The molecule has 1 saturated heterocycles. The summed E-state index contributed by atoms with van der Waals surface area (Å²) >= 11 is 0. The molecule has 16 heavy (non-hydrogen) atoms. The number of nitrogens with zero attached hydrogens (tertiary/aromatic N) is 1. The van der Waals surface area contributed by atoms with E-state index in [-0.39, 0.29) is 11.8 Å².